The first kappa shape index (κ1) is 16.1. The highest BCUT2D eigenvalue weighted by Gasteiger charge is 2.11. The Hall–Kier alpha value is -1.82. The van der Waals surface area contributed by atoms with Crippen LogP contribution in [0.2, 0.25) is 5.02 Å². The fraction of sp³-hybridized carbons (Fsp3) is 0.235. The SMILES string of the molecule is COc1cc(CNCc2nc3ccccc3s2)cc(Cl)c1OC. The average Bonchev–Trinajstić information content (AvgIpc) is 2.97. The van der Waals surface area contributed by atoms with Gasteiger partial charge in [0.25, 0.3) is 0 Å². The first-order valence-corrected chi connectivity index (χ1v) is 8.36. The predicted molar refractivity (Wildman–Crippen MR) is 94.7 cm³/mol. The number of fused-ring (bicyclic) bond motifs is 1. The molecule has 0 unspecified atom stereocenters. The number of hydrogen-bond donors (Lipinski definition) is 1. The van der Waals surface area contributed by atoms with Crippen molar-refractivity contribution in [2.45, 2.75) is 13.1 Å². The van der Waals surface area contributed by atoms with Crippen molar-refractivity contribution in [2.75, 3.05) is 14.2 Å². The van der Waals surface area contributed by atoms with Gasteiger partial charge in [0, 0.05) is 13.1 Å². The van der Waals surface area contributed by atoms with E-state index in [1.165, 1.54) is 4.70 Å². The van der Waals surface area contributed by atoms with Gasteiger partial charge in [-0.15, -0.1) is 11.3 Å². The van der Waals surface area contributed by atoms with Crippen molar-refractivity contribution in [1.29, 1.82) is 0 Å². The molecule has 2 aromatic carbocycles. The topological polar surface area (TPSA) is 43.4 Å². The van der Waals surface area contributed by atoms with E-state index in [1.807, 2.05) is 30.3 Å². The van der Waals surface area contributed by atoms with Crippen molar-refractivity contribution in [3.63, 3.8) is 0 Å². The van der Waals surface area contributed by atoms with Crippen LogP contribution in [0.15, 0.2) is 36.4 Å². The molecule has 0 saturated heterocycles. The monoisotopic (exact) mass is 348 g/mol. The lowest BCUT2D eigenvalue weighted by Crippen LogP contribution is -2.12. The minimum Gasteiger partial charge on any atom is -0.493 e. The Kier molecular flexibility index (Phi) is 5.00. The number of ether oxygens (including phenoxy) is 2. The molecule has 0 spiro atoms. The summed E-state index contributed by atoms with van der Waals surface area (Å²) < 4.78 is 11.8. The van der Waals surface area contributed by atoms with Gasteiger partial charge in [-0.25, -0.2) is 4.98 Å². The number of aromatic nitrogens is 1. The van der Waals surface area contributed by atoms with Gasteiger partial charge in [0.05, 0.1) is 29.5 Å². The Morgan fingerprint density at radius 3 is 2.70 bits per heavy atom. The molecule has 0 bridgehead atoms. The first-order valence-electron chi connectivity index (χ1n) is 7.17. The van der Waals surface area contributed by atoms with E-state index in [0.717, 1.165) is 16.1 Å². The van der Waals surface area contributed by atoms with E-state index < -0.39 is 0 Å². The molecule has 0 amide bonds. The number of hydrogen-bond acceptors (Lipinski definition) is 5. The van der Waals surface area contributed by atoms with Gasteiger partial charge in [-0.05, 0) is 29.8 Å². The van der Waals surface area contributed by atoms with Crippen LogP contribution in [-0.2, 0) is 13.1 Å². The van der Waals surface area contributed by atoms with Gasteiger partial charge in [-0.3, -0.25) is 0 Å². The summed E-state index contributed by atoms with van der Waals surface area (Å²) in [5.41, 5.74) is 2.08. The minimum atomic E-state index is 0.545. The van der Waals surface area contributed by atoms with E-state index in [9.17, 15) is 0 Å². The molecule has 3 rings (SSSR count). The summed E-state index contributed by atoms with van der Waals surface area (Å²) in [5.74, 6) is 1.20. The zero-order valence-corrected chi connectivity index (χ0v) is 14.5. The maximum Gasteiger partial charge on any atom is 0.179 e. The molecule has 23 heavy (non-hydrogen) atoms. The highest BCUT2D eigenvalue weighted by molar-refractivity contribution is 7.18. The summed E-state index contributed by atoms with van der Waals surface area (Å²) >= 11 is 7.92. The van der Waals surface area contributed by atoms with Gasteiger partial charge < -0.3 is 14.8 Å². The van der Waals surface area contributed by atoms with Gasteiger partial charge in [0.2, 0.25) is 0 Å². The van der Waals surface area contributed by atoms with Crippen molar-refractivity contribution in [3.05, 3.63) is 52.0 Å². The number of benzene rings is 2. The van der Waals surface area contributed by atoms with Crippen LogP contribution in [0.1, 0.15) is 10.6 Å². The van der Waals surface area contributed by atoms with Gasteiger partial charge in [0.1, 0.15) is 5.01 Å². The fourth-order valence-electron chi connectivity index (χ4n) is 2.38. The van der Waals surface area contributed by atoms with Crippen molar-refractivity contribution in [2.24, 2.45) is 0 Å². The van der Waals surface area contributed by atoms with Crippen LogP contribution in [0.5, 0.6) is 11.5 Å². The molecular weight excluding hydrogens is 332 g/mol. The second-order valence-corrected chi connectivity index (χ2v) is 6.51. The van der Waals surface area contributed by atoms with Crippen LogP contribution in [0.3, 0.4) is 0 Å². The Bertz CT molecular complexity index is 786. The molecule has 0 fully saturated rings. The molecule has 1 N–H and O–H groups in total. The third-order valence-electron chi connectivity index (χ3n) is 3.44. The minimum absolute atomic E-state index is 0.545. The number of rotatable bonds is 6. The van der Waals surface area contributed by atoms with Crippen LogP contribution in [0.25, 0.3) is 10.2 Å². The lowest BCUT2D eigenvalue weighted by Gasteiger charge is -2.12. The number of nitrogens with one attached hydrogen (secondary N) is 1. The smallest absolute Gasteiger partial charge is 0.179 e. The molecule has 0 aliphatic heterocycles. The number of halogens is 1. The van der Waals surface area contributed by atoms with Crippen molar-refractivity contribution in [1.82, 2.24) is 10.3 Å². The molecule has 0 atom stereocenters. The maximum atomic E-state index is 6.22. The molecule has 1 heterocycles. The van der Waals surface area contributed by atoms with Crippen molar-refractivity contribution < 1.29 is 9.47 Å². The normalized spacial score (nSPS) is 10.9. The second kappa shape index (κ2) is 7.17. The third kappa shape index (κ3) is 3.58. The molecule has 0 aliphatic rings. The Balaban J connectivity index is 1.67. The molecule has 0 aliphatic carbocycles. The Labute approximate surface area is 144 Å². The highest BCUT2D eigenvalue weighted by Crippen LogP contribution is 2.36. The molecular formula is C17H17ClN2O2S. The van der Waals surface area contributed by atoms with E-state index in [4.69, 9.17) is 21.1 Å². The van der Waals surface area contributed by atoms with E-state index in [2.05, 4.69) is 16.4 Å². The maximum absolute atomic E-state index is 6.22. The second-order valence-electron chi connectivity index (χ2n) is 4.99. The molecule has 0 radical (unpaired) electrons. The summed E-state index contributed by atoms with van der Waals surface area (Å²) in [5, 5.41) is 5.00. The number of para-hydroxylation sites is 1. The molecule has 4 nitrogen and oxygen atoms in total. The number of thiazole rings is 1. The molecule has 6 heteroatoms. The summed E-state index contributed by atoms with van der Waals surface area (Å²) in [6.45, 7) is 1.39. The molecule has 1 aromatic heterocycles. The van der Waals surface area contributed by atoms with Gasteiger partial charge in [0.15, 0.2) is 11.5 Å². The van der Waals surface area contributed by atoms with Gasteiger partial charge in [-0.1, -0.05) is 23.7 Å². The number of methoxy groups -OCH3 is 2. The van der Waals surface area contributed by atoms with E-state index >= 15 is 0 Å². The zero-order chi connectivity index (χ0) is 16.2. The van der Waals surface area contributed by atoms with Crippen LogP contribution in [0.4, 0.5) is 0 Å². The van der Waals surface area contributed by atoms with Crippen molar-refractivity contribution in [3.8, 4) is 11.5 Å². The van der Waals surface area contributed by atoms with Crippen LogP contribution >= 0.6 is 22.9 Å². The lowest BCUT2D eigenvalue weighted by molar-refractivity contribution is 0.354. The van der Waals surface area contributed by atoms with Crippen molar-refractivity contribution >= 4 is 33.2 Å². The largest absolute Gasteiger partial charge is 0.493 e. The quantitative estimate of drug-likeness (QED) is 0.723. The summed E-state index contributed by atoms with van der Waals surface area (Å²) in [7, 11) is 3.18. The zero-order valence-electron chi connectivity index (χ0n) is 12.9. The molecule has 0 saturated carbocycles. The fourth-order valence-corrected chi connectivity index (χ4v) is 3.63. The average molecular weight is 349 g/mol. The Morgan fingerprint density at radius 1 is 1.13 bits per heavy atom. The predicted octanol–water partition coefficient (Wildman–Crippen LogP) is 4.26. The number of nitrogens with zero attached hydrogens (tertiary/aromatic N) is 1. The van der Waals surface area contributed by atoms with E-state index in [0.29, 0.717) is 29.6 Å². The third-order valence-corrected chi connectivity index (χ3v) is 4.75. The Morgan fingerprint density at radius 2 is 1.96 bits per heavy atom. The highest BCUT2D eigenvalue weighted by atomic mass is 35.5. The summed E-state index contributed by atoms with van der Waals surface area (Å²) in [4.78, 5) is 4.61. The molecule has 120 valence electrons. The van der Waals surface area contributed by atoms with E-state index in [1.54, 1.807) is 25.6 Å². The van der Waals surface area contributed by atoms with Crippen LogP contribution in [-0.4, -0.2) is 19.2 Å². The molecule has 3 aromatic rings. The lowest BCUT2D eigenvalue weighted by atomic mass is 10.2. The summed E-state index contributed by atoms with van der Waals surface area (Å²) in [6.07, 6.45) is 0. The summed E-state index contributed by atoms with van der Waals surface area (Å²) in [6, 6.07) is 12.0. The van der Waals surface area contributed by atoms with Gasteiger partial charge in [-0.2, -0.15) is 0 Å². The van der Waals surface area contributed by atoms with Crippen LogP contribution < -0.4 is 14.8 Å². The standard InChI is InChI=1S/C17H17ClN2O2S/c1-21-14-8-11(7-12(18)17(14)22-2)9-19-10-16-20-13-5-3-4-6-15(13)23-16/h3-8,19H,9-10H2,1-2H3. The first-order chi connectivity index (χ1) is 11.2. The van der Waals surface area contributed by atoms with Gasteiger partial charge >= 0.3 is 0 Å². The van der Waals surface area contributed by atoms with E-state index in [-0.39, 0.29) is 0 Å². The van der Waals surface area contributed by atoms with Crippen LogP contribution in [0, 0.1) is 0 Å².